The van der Waals surface area contributed by atoms with Gasteiger partial charge in [0.1, 0.15) is 23.7 Å². The molecule has 1 N–H and O–H groups in total. The summed E-state index contributed by atoms with van der Waals surface area (Å²) >= 11 is 0. The summed E-state index contributed by atoms with van der Waals surface area (Å²) in [5, 5.41) is 2.27. The van der Waals surface area contributed by atoms with Gasteiger partial charge < -0.3 is 9.30 Å². The number of aryl methyl sites for hydroxylation is 2. The van der Waals surface area contributed by atoms with E-state index in [9.17, 15) is 18.8 Å². The molecule has 1 aliphatic rings. The Hall–Kier alpha value is -4.98. The number of halogens is 1. The lowest BCUT2D eigenvalue weighted by Crippen LogP contribution is -2.54. The van der Waals surface area contributed by atoms with Gasteiger partial charge in [-0.25, -0.2) is 14.1 Å². The number of benzene rings is 3. The van der Waals surface area contributed by atoms with Gasteiger partial charge in [-0.3, -0.25) is 14.9 Å². The number of nitrogens with zero attached hydrogens (tertiary/aromatic N) is 2. The molecule has 0 aliphatic carbocycles. The molecular formula is C31H26FN3O4. The zero-order chi connectivity index (χ0) is 27.7. The van der Waals surface area contributed by atoms with Gasteiger partial charge in [0.15, 0.2) is 0 Å². The van der Waals surface area contributed by atoms with E-state index in [0.717, 1.165) is 33.1 Å². The zero-order valence-electron chi connectivity index (χ0n) is 21.7. The number of urea groups is 1. The van der Waals surface area contributed by atoms with Crippen LogP contribution in [0.1, 0.15) is 28.1 Å². The van der Waals surface area contributed by atoms with Gasteiger partial charge in [0, 0.05) is 17.1 Å². The molecule has 0 unspecified atom stereocenters. The molecule has 0 saturated carbocycles. The minimum absolute atomic E-state index is 0.125. The number of carbonyl (C=O) groups is 3. The number of aromatic nitrogens is 1. The Labute approximate surface area is 225 Å². The van der Waals surface area contributed by atoms with E-state index in [1.807, 2.05) is 55.7 Å². The number of ether oxygens (including phenoxy) is 1. The highest BCUT2D eigenvalue weighted by molar-refractivity contribution is 6.39. The van der Waals surface area contributed by atoms with Crippen LogP contribution in [0.5, 0.6) is 5.75 Å². The smallest absolute Gasteiger partial charge is 0.335 e. The number of imide groups is 2. The van der Waals surface area contributed by atoms with E-state index >= 15 is 0 Å². The van der Waals surface area contributed by atoms with Crippen LogP contribution in [-0.2, 0) is 16.2 Å². The maximum absolute atomic E-state index is 13.3. The van der Waals surface area contributed by atoms with Crippen molar-refractivity contribution in [3.8, 4) is 11.4 Å². The summed E-state index contributed by atoms with van der Waals surface area (Å²) in [5.74, 6) is -1.04. The van der Waals surface area contributed by atoms with Crippen LogP contribution in [0.15, 0.2) is 84.4 Å². The summed E-state index contributed by atoms with van der Waals surface area (Å²) in [4.78, 5) is 39.4. The lowest BCUT2D eigenvalue weighted by molar-refractivity contribution is -0.122. The zero-order valence-corrected chi connectivity index (χ0v) is 21.7. The second kappa shape index (κ2) is 10.4. The van der Waals surface area contributed by atoms with Crippen molar-refractivity contribution >= 4 is 29.6 Å². The maximum Gasteiger partial charge on any atom is 0.335 e. The standard InChI is InChI=1S/C31H26FN3O4/c1-19-4-10-26(11-5-19)35-30(37)28(29(36)33-31(35)38)17-23-16-20(2)34(21(23)3)25-12-14-27(15-13-25)39-18-22-6-8-24(32)9-7-22/h4-17H,18H2,1-3H3,(H,33,36,38)/b28-17+. The lowest BCUT2D eigenvalue weighted by atomic mass is 10.1. The number of nitrogens with one attached hydrogen (secondary N) is 1. The van der Waals surface area contributed by atoms with Crippen LogP contribution in [0.2, 0.25) is 0 Å². The Bertz CT molecular complexity index is 1600. The fourth-order valence-electron chi connectivity index (χ4n) is 4.51. The fraction of sp³-hybridized carbons (Fsp3) is 0.129. The van der Waals surface area contributed by atoms with Crippen LogP contribution in [0.25, 0.3) is 11.8 Å². The first-order valence-electron chi connectivity index (χ1n) is 12.4. The Balaban J connectivity index is 1.39. The number of amides is 4. The highest BCUT2D eigenvalue weighted by atomic mass is 19.1. The predicted octanol–water partition coefficient (Wildman–Crippen LogP) is 5.79. The van der Waals surface area contributed by atoms with Crippen LogP contribution >= 0.6 is 0 Å². The Kier molecular flexibility index (Phi) is 6.85. The molecule has 0 spiro atoms. The number of hydrogen-bond donors (Lipinski definition) is 1. The Morgan fingerprint density at radius 2 is 1.49 bits per heavy atom. The molecule has 1 saturated heterocycles. The van der Waals surface area contributed by atoms with E-state index in [4.69, 9.17) is 4.74 Å². The molecule has 2 heterocycles. The molecule has 4 aromatic rings. The molecule has 39 heavy (non-hydrogen) atoms. The van der Waals surface area contributed by atoms with E-state index in [2.05, 4.69) is 5.32 Å². The number of carbonyl (C=O) groups excluding carboxylic acids is 3. The van der Waals surface area contributed by atoms with E-state index in [1.54, 1.807) is 36.4 Å². The molecule has 8 heteroatoms. The number of anilines is 1. The molecule has 1 fully saturated rings. The highest BCUT2D eigenvalue weighted by Gasteiger charge is 2.37. The van der Waals surface area contributed by atoms with Gasteiger partial charge in [0.25, 0.3) is 11.8 Å². The summed E-state index contributed by atoms with van der Waals surface area (Å²) in [7, 11) is 0. The molecule has 7 nitrogen and oxygen atoms in total. The molecule has 5 rings (SSSR count). The molecule has 0 atom stereocenters. The van der Waals surface area contributed by atoms with Crippen LogP contribution in [0.4, 0.5) is 14.9 Å². The van der Waals surface area contributed by atoms with Crippen molar-refractivity contribution in [1.82, 2.24) is 9.88 Å². The average Bonchev–Trinajstić information content (AvgIpc) is 3.20. The van der Waals surface area contributed by atoms with Crippen molar-refractivity contribution in [2.24, 2.45) is 0 Å². The van der Waals surface area contributed by atoms with Crippen molar-refractivity contribution in [2.45, 2.75) is 27.4 Å². The molecule has 0 bridgehead atoms. The fourth-order valence-corrected chi connectivity index (χ4v) is 4.51. The van der Waals surface area contributed by atoms with Gasteiger partial charge >= 0.3 is 6.03 Å². The second-order valence-electron chi connectivity index (χ2n) is 9.36. The summed E-state index contributed by atoms with van der Waals surface area (Å²) < 4.78 is 20.9. The van der Waals surface area contributed by atoms with Crippen LogP contribution in [0.3, 0.4) is 0 Å². The van der Waals surface area contributed by atoms with Gasteiger partial charge in [-0.2, -0.15) is 0 Å². The summed E-state index contributed by atoms with van der Waals surface area (Å²) in [6, 6.07) is 21.7. The number of rotatable bonds is 6. The van der Waals surface area contributed by atoms with Gasteiger partial charge in [-0.05, 0) is 92.6 Å². The van der Waals surface area contributed by atoms with Crippen molar-refractivity contribution in [1.29, 1.82) is 0 Å². The molecule has 0 radical (unpaired) electrons. The third-order valence-corrected chi connectivity index (χ3v) is 6.58. The van der Waals surface area contributed by atoms with Crippen molar-refractivity contribution < 1.29 is 23.5 Å². The minimum Gasteiger partial charge on any atom is -0.489 e. The maximum atomic E-state index is 13.3. The van der Waals surface area contributed by atoms with Gasteiger partial charge in [-0.1, -0.05) is 29.8 Å². The number of barbiturate groups is 1. The summed E-state index contributed by atoms with van der Waals surface area (Å²) in [5.41, 5.74) is 5.37. The highest BCUT2D eigenvalue weighted by Crippen LogP contribution is 2.27. The molecular weight excluding hydrogens is 497 g/mol. The van der Waals surface area contributed by atoms with Gasteiger partial charge in [0.05, 0.1) is 5.69 Å². The molecule has 1 aromatic heterocycles. The molecule has 1 aliphatic heterocycles. The van der Waals surface area contributed by atoms with E-state index in [-0.39, 0.29) is 11.4 Å². The molecule has 4 amide bonds. The van der Waals surface area contributed by atoms with E-state index in [0.29, 0.717) is 23.6 Å². The molecule has 3 aromatic carbocycles. The Morgan fingerprint density at radius 3 is 2.15 bits per heavy atom. The van der Waals surface area contributed by atoms with Crippen molar-refractivity contribution in [3.63, 3.8) is 0 Å². The van der Waals surface area contributed by atoms with Crippen LogP contribution in [-0.4, -0.2) is 22.4 Å². The minimum atomic E-state index is -0.779. The monoisotopic (exact) mass is 523 g/mol. The summed E-state index contributed by atoms with van der Waals surface area (Å²) in [6.45, 7) is 6.05. The first-order valence-corrected chi connectivity index (χ1v) is 12.4. The first kappa shape index (κ1) is 25.7. The van der Waals surface area contributed by atoms with E-state index in [1.165, 1.54) is 18.2 Å². The number of hydrogen-bond acceptors (Lipinski definition) is 4. The largest absolute Gasteiger partial charge is 0.489 e. The third-order valence-electron chi connectivity index (χ3n) is 6.58. The normalized spacial score (nSPS) is 14.6. The SMILES string of the molecule is Cc1ccc(N2C(=O)NC(=O)/C(=C\c3cc(C)n(-c4ccc(OCc5ccc(F)cc5)cc4)c3C)C2=O)cc1. The summed E-state index contributed by atoms with van der Waals surface area (Å²) in [6.07, 6.45) is 1.52. The van der Waals surface area contributed by atoms with Gasteiger partial charge in [-0.15, -0.1) is 0 Å². The van der Waals surface area contributed by atoms with E-state index < -0.39 is 17.8 Å². The molecule has 196 valence electrons. The quantitative estimate of drug-likeness (QED) is 0.256. The topological polar surface area (TPSA) is 80.6 Å². The predicted molar refractivity (Wildman–Crippen MR) is 146 cm³/mol. The second-order valence-corrected chi connectivity index (χ2v) is 9.36. The lowest BCUT2D eigenvalue weighted by Gasteiger charge is -2.26. The first-order chi connectivity index (χ1) is 18.7. The third kappa shape index (κ3) is 5.22. The van der Waals surface area contributed by atoms with Crippen LogP contribution < -0.4 is 15.0 Å². The Morgan fingerprint density at radius 1 is 0.846 bits per heavy atom. The van der Waals surface area contributed by atoms with Crippen molar-refractivity contribution in [3.05, 3.63) is 118 Å². The van der Waals surface area contributed by atoms with Gasteiger partial charge in [0.2, 0.25) is 0 Å². The van der Waals surface area contributed by atoms with Crippen LogP contribution in [0, 0.1) is 26.6 Å². The average molecular weight is 524 g/mol. The van der Waals surface area contributed by atoms with Crippen molar-refractivity contribution in [2.75, 3.05) is 4.90 Å².